The Kier molecular flexibility index (Phi) is 7.60. The van der Waals surface area contributed by atoms with Crippen molar-refractivity contribution < 1.29 is 19.5 Å². The van der Waals surface area contributed by atoms with Crippen LogP contribution in [0.3, 0.4) is 0 Å². The normalized spacial score (nSPS) is 12.1. The van der Waals surface area contributed by atoms with Crippen molar-refractivity contribution in [1.82, 2.24) is 20.0 Å². The largest absolute Gasteiger partial charge is 0.480 e. The van der Waals surface area contributed by atoms with Crippen LogP contribution in [0.2, 0.25) is 0 Å². The van der Waals surface area contributed by atoms with Crippen LogP contribution in [0.4, 0.5) is 0 Å². The third-order valence-corrected chi connectivity index (χ3v) is 4.24. The first-order valence-corrected chi connectivity index (χ1v) is 8.57. The molecule has 0 saturated carbocycles. The lowest BCUT2D eigenvalue weighted by atomic mass is 10.2. The molecule has 1 rings (SSSR count). The van der Waals surface area contributed by atoms with Crippen molar-refractivity contribution in [2.45, 2.75) is 59.5 Å². The predicted octanol–water partition coefficient (Wildman–Crippen LogP) is 1.60. The lowest BCUT2D eigenvalue weighted by Crippen LogP contribution is -2.46. The van der Waals surface area contributed by atoms with Gasteiger partial charge in [0.25, 0.3) is 5.91 Å². The first-order valence-electron chi connectivity index (χ1n) is 8.57. The van der Waals surface area contributed by atoms with E-state index in [1.807, 2.05) is 11.6 Å². The van der Waals surface area contributed by atoms with Crippen LogP contribution in [-0.4, -0.2) is 56.7 Å². The van der Waals surface area contributed by atoms with Gasteiger partial charge in [-0.3, -0.25) is 14.3 Å². The van der Waals surface area contributed by atoms with Crippen molar-refractivity contribution in [3.63, 3.8) is 0 Å². The molecule has 0 radical (unpaired) electrons. The van der Waals surface area contributed by atoms with E-state index in [2.05, 4.69) is 24.3 Å². The molecule has 1 aromatic heterocycles. The fourth-order valence-corrected chi connectivity index (χ4v) is 2.70. The van der Waals surface area contributed by atoms with E-state index < -0.39 is 17.9 Å². The van der Waals surface area contributed by atoms with Crippen LogP contribution < -0.4 is 5.32 Å². The molecule has 0 fully saturated rings. The minimum atomic E-state index is -1.10. The van der Waals surface area contributed by atoms with Crippen molar-refractivity contribution in [1.29, 1.82) is 0 Å². The van der Waals surface area contributed by atoms with Crippen LogP contribution in [0, 0.1) is 6.92 Å². The van der Waals surface area contributed by atoms with Gasteiger partial charge in [0.2, 0.25) is 5.91 Å². The van der Waals surface area contributed by atoms with Gasteiger partial charge in [-0.1, -0.05) is 13.8 Å². The number of carbonyl (C=O) groups is 3. The summed E-state index contributed by atoms with van der Waals surface area (Å²) in [4.78, 5) is 36.4. The van der Waals surface area contributed by atoms with Gasteiger partial charge in [-0.05, 0) is 32.8 Å². The van der Waals surface area contributed by atoms with Gasteiger partial charge in [0.05, 0.1) is 6.04 Å². The smallest absolute Gasteiger partial charge is 0.326 e. The predicted molar refractivity (Wildman–Crippen MR) is 93.4 cm³/mol. The van der Waals surface area contributed by atoms with Gasteiger partial charge in [-0.15, -0.1) is 0 Å². The zero-order valence-electron chi connectivity index (χ0n) is 15.6. The summed E-state index contributed by atoms with van der Waals surface area (Å²) in [7, 11) is 0. The Balaban J connectivity index is 3.05. The summed E-state index contributed by atoms with van der Waals surface area (Å²) >= 11 is 0. The highest BCUT2D eigenvalue weighted by Gasteiger charge is 2.28. The molecule has 140 valence electrons. The first-order chi connectivity index (χ1) is 11.7. The summed E-state index contributed by atoms with van der Waals surface area (Å²) in [5.74, 6) is -1.79. The van der Waals surface area contributed by atoms with Gasteiger partial charge in [0.1, 0.15) is 6.04 Å². The van der Waals surface area contributed by atoms with E-state index in [0.717, 1.165) is 18.5 Å². The number of rotatable bonds is 9. The summed E-state index contributed by atoms with van der Waals surface area (Å²) < 4.78 is 1.82. The van der Waals surface area contributed by atoms with Crippen molar-refractivity contribution >= 4 is 17.8 Å². The van der Waals surface area contributed by atoms with E-state index in [0.29, 0.717) is 0 Å². The zero-order chi connectivity index (χ0) is 19.1. The van der Waals surface area contributed by atoms with Crippen LogP contribution in [0.5, 0.6) is 0 Å². The monoisotopic (exact) mass is 352 g/mol. The Labute approximate surface area is 148 Å². The molecule has 1 heterocycles. The highest BCUT2D eigenvalue weighted by atomic mass is 16.4. The molecule has 8 nitrogen and oxygen atoms in total. The first kappa shape index (κ1) is 20.7. The number of carboxylic acid groups (broad SMARTS) is 1. The minimum absolute atomic E-state index is 0.1000. The fraction of sp³-hybridized carbons (Fsp3) is 0.647. The van der Waals surface area contributed by atoms with Gasteiger partial charge in [0.15, 0.2) is 5.69 Å². The molecule has 2 amide bonds. The zero-order valence-corrected chi connectivity index (χ0v) is 15.6. The summed E-state index contributed by atoms with van der Waals surface area (Å²) in [6.45, 7) is 9.09. The summed E-state index contributed by atoms with van der Waals surface area (Å²) in [6.07, 6.45) is 1.79. The number of nitrogens with one attached hydrogen (secondary N) is 1. The van der Waals surface area contributed by atoms with Crippen molar-refractivity contribution in [2.24, 2.45) is 0 Å². The van der Waals surface area contributed by atoms with Gasteiger partial charge >= 0.3 is 5.97 Å². The van der Waals surface area contributed by atoms with E-state index in [4.69, 9.17) is 0 Å². The Morgan fingerprint density at radius 3 is 2.40 bits per heavy atom. The van der Waals surface area contributed by atoms with E-state index >= 15 is 0 Å². The number of aliphatic carboxylic acids is 1. The molecule has 0 spiro atoms. The van der Waals surface area contributed by atoms with Crippen molar-refractivity contribution in [2.75, 3.05) is 13.1 Å². The Morgan fingerprint density at radius 1 is 1.32 bits per heavy atom. The molecule has 0 aromatic carbocycles. The summed E-state index contributed by atoms with van der Waals surface area (Å²) in [6, 6.07) is 0.867. The molecular weight excluding hydrogens is 324 g/mol. The molecule has 0 saturated heterocycles. The molecule has 1 unspecified atom stereocenters. The summed E-state index contributed by atoms with van der Waals surface area (Å²) in [5, 5.41) is 16.3. The molecule has 25 heavy (non-hydrogen) atoms. The number of amides is 2. The second-order valence-electron chi connectivity index (χ2n) is 6.08. The third kappa shape index (κ3) is 5.30. The molecule has 0 aliphatic carbocycles. The number of aryl methyl sites for hydroxylation is 1. The molecule has 1 atom stereocenters. The molecule has 8 heteroatoms. The fourth-order valence-electron chi connectivity index (χ4n) is 2.70. The lowest BCUT2D eigenvalue weighted by Gasteiger charge is -2.25. The second-order valence-corrected chi connectivity index (χ2v) is 6.08. The highest BCUT2D eigenvalue weighted by molar-refractivity contribution is 5.95. The molecule has 1 aromatic rings. The average Bonchev–Trinajstić information content (AvgIpc) is 2.93. The second kappa shape index (κ2) is 9.19. The highest BCUT2D eigenvalue weighted by Crippen LogP contribution is 2.19. The molecule has 2 N–H and O–H groups in total. The van der Waals surface area contributed by atoms with Crippen LogP contribution in [0.1, 0.15) is 62.8 Å². The standard InChI is InChI=1S/C17H28N4O4/c1-6-14(7-2)21-11(3)10-15(19-21)16(23)20(12(4)17(24)25)9-8-18-13(5)22/h10,12,14H,6-9H2,1-5H3,(H,18,22)(H,24,25). The maximum atomic E-state index is 12.8. The Hall–Kier alpha value is -2.38. The van der Waals surface area contributed by atoms with Crippen LogP contribution >= 0.6 is 0 Å². The quantitative estimate of drug-likeness (QED) is 0.702. The average molecular weight is 352 g/mol. The SMILES string of the molecule is CCC(CC)n1nc(C(=O)N(CCNC(C)=O)C(C)C(=O)O)cc1C. The van der Waals surface area contributed by atoms with Gasteiger partial charge < -0.3 is 15.3 Å². The van der Waals surface area contributed by atoms with E-state index in [-0.39, 0.29) is 30.7 Å². The van der Waals surface area contributed by atoms with Crippen molar-refractivity contribution in [3.05, 3.63) is 17.5 Å². The van der Waals surface area contributed by atoms with Crippen LogP contribution in [0.25, 0.3) is 0 Å². The topological polar surface area (TPSA) is 105 Å². The van der Waals surface area contributed by atoms with Gasteiger partial charge in [0, 0.05) is 25.7 Å². The van der Waals surface area contributed by atoms with Crippen LogP contribution in [0.15, 0.2) is 6.07 Å². The minimum Gasteiger partial charge on any atom is -0.480 e. The molecule has 0 aliphatic heterocycles. The van der Waals surface area contributed by atoms with Crippen molar-refractivity contribution in [3.8, 4) is 0 Å². The number of hydrogen-bond acceptors (Lipinski definition) is 4. The lowest BCUT2D eigenvalue weighted by molar-refractivity contribution is -0.141. The van der Waals surface area contributed by atoms with Crippen LogP contribution in [-0.2, 0) is 9.59 Å². The maximum Gasteiger partial charge on any atom is 0.326 e. The molecule has 0 bridgehead atoms. The number of aromatic nitrogens is 2. The van der Waals surface area contributed by atoms with Gasteiger partial charge in [-0.25, -0.2) is 4.79 Å². The number of nitrogens with zero attached hydrogens (tertiary/aromatic N) is 3. The number of hydrogen-bond donors (Lipinski definition) is 2. The van der Waals surface area contributed by atoms with E-state index in [1.54, 1.807) is 6.07 Å². The Bertz CT molecular complexity index is 622. The Morgan fingerprint density at radius 2 is 1.92 bits per heavy atom. The number of carboxylic acids is 1. The van der Waals surface area contributed by atoms with E-state index in [9.17, 15) is 19.5 Å². The maximum absolute atomic E-state index is 12.8. The molecular formula is C17H28N4O4. The summed E-state index contributed by atoms with van der Waals surface area (Å²) in [5.41, 5.74) is 1.09. The number of carbonyl (C=O) groups excluding carboxylic acids is 2. The third-order valence-electron chi connectivity index (χ3n) is 4.24. The van der Waals surface area contributed by atoms with E-state index in [1.165, 1.54) is 18.7 Å². The molecule has 0 aliphatic rings. The van der Waals surface area contributed by atoms with Gasteiger partial charge in [-0.2, -0.15) is 5.10 Å².